The van der Waals surface area contributed by atoms with Crippen LogP contribution in [0.25, 0.3) is 0 Å². The van der Waals surface area contributed by atoms with E-state index in [4.69, 9.17) is 0 Å². The van der Waals surface area contributed by atoms with E-state index in [2.05, 4.69) is 21.0 Å². The van der Waals surface area contributed by atoms with Crippen LogP contribution in [0.1, 0.15) is 25.1 Å². The van der Waals surface area contributed by atoms with E-state index in [1.807, 2.05) is 6.92 Å². The van der Waals surface area contributed by atoms with Crippen LogP contribution in [0.3, 0.4) is 0 Å². The van der Waals surface area contributed by atoms with Crippen LogP contribution in [0.4, 0.5) is 0 Å². The minimum absolute atomic E-state index is 0.178. The van der Waals surface area contributed by atoms with Crippen molar-refractivity contribution in [1.82, 2.24) is 9.78 Å². The van der Waals surface area contributed by atoms with Gasteiger partial charge < -0.3 is 10.2 Å². The van der Waals surface area contributed by atoms with Crippen molar-refractivity contribution >= 4 is 15.9 Å². The summed E-state index contributed by atoms with van der Waals surface area (Å²) in [6.45, 7) is 4.36. The predicted molar refractivity (Wildman–Crippen MR) is 72.4 cm³/mol. The van der Waals surface area contributed by atoms with Gasteiger partial charge in [-0.05, 0) is 47.5 Å². The lowest BCUT2D eigenvalue weighted by Crippen LogP contribution is -2.27. The number of phenols is 1. The maximum atomic E-state index is 10.8. The molecular formula is C13H15BrN2O2. The Balaban J connectivity index is 2.53. The molecule has 0 saturated heterocycles. The number of aryl methyl sites for hydroxylation is 1. The summed E-state index contributed by atoms with van der Waals surface area (Å²) in [5.41, 5.74) is 0.242. The molecule has 2 N–H and O–H groups in total. The van der Waals surface area contributed by atoms with Crippen molar-refractivity contribution in [2.45, 2.75) is 26.0 Å². The zero-order valence-electron chi connectivity index (χ0n) is 10.3. The van der Waals surface area contributed by atoms with E-state index in [0.29, 0.717) is 17.8 Å². The fourth-order valence-electron chi connectivity index (χ4n) is 2.01. The van der Waals surface area contributed by atoms with E-state index in [1.54, 1.807) is 42.1 Å². The molecule has 1 unspecified atom stereocenters. The number of aliphatic hydroxyl groups is 1. The molecule has 0 aliphatic heterocycles. The largest absolute Gasteiger partial charge is 0.508 e. The zero-order chi connectivity index (χ0) is 13.3. The number of aromatic nitrogens is 2. The van der Waals surface area contributed by atoms with E-state index < -0.39 is 5.60 Å². The summed E-state index contributed by atoms with van der Waals surface area (Å²) in [7, 11) is 0. The second-order valence-electron chi connectivity index (χ2n) is 4.28. The number of hydrogen-bond donors (Lipinski definition) is 2. The van der Waals surface area contributed by atoms with Gasteiger partial charge in [-0.3, -0.25) is 4.68 Å². The Bertz CT molecular complexity index is 547. The fourth-order valence-corrected chi connectivity index (χ4v) is 2.69. The Morgan fingerprint density at radius 3 is 2.50 bits per heavy atom. The van der Waals surface area contributed by atoms with Crippen LogP contribution in [-0.2, 0) is 12.1 Å². The molecule has 0 aliphatic rings. The first-order chi connectivity index (χ1) is 8.46. The minimum atomic E-state index is -1.17. The summed E-state index contributed by atoms with van der Waals surface area (Å²) in [5, 5.41) is 24.3. The molecule has 0 fully saturated rings. The maximum Gasteiger partial charge on any atom is 0.129 e. The molecule has 1 aromatic carbocycles. The van der Waals surface area contributed by atoms with Crippen LogP contribution in [0.15, 0.2) is 34.9 Å². The summed E-state index contributed by atoms with van der Waals surface area (Å²) >= 11 is 3.41. The molecular weight excluding hydrogens is 296 g/mol. The fraction of sp³-hybridized carbons (Fsp3) is 0.308. The van der Waals surface area contributed by atoms with Crippen molar-refractivity contribution in [1.29, 1.82) is 0 Å². The molecule has 1 heterocycles. The Labute approximate surface area is 114 Å². The van der Waals surface area contributed by atoms with Crippen LogP contribution in [0.2, 0.25) is 0 Å². The van der Waals surface area contributed by atoms with Crippen molar-refractivity contribution in [3.63, 3.8) is 0 Å². The molecule has 0 spiro atoms. The third-order valence-corrected chi connectivity index (χ3v) is 3.57. The lowest BCUT2D eigenvalue weighted by molar-refractivity contribution is 0.0909. The molecule has 0 saturated carbocycles. The first kappa shape index (κ1) is 13.1. The highest BCUT2D eigenvalue weighted by atomic mass is 79.9. The Hall–Kier alpha value is -1.33. The molecule has 5 heteroatoms. The smallest absolute Gasteiger partial charge is 0.129 e. The average molecular weight is 311 g/mol. The second-order valence-corrected chi connectivity index (χ2v) is 5.13. The highest BCUT2D eigenvalue weighted by molar-refractivity contribution is 9.10. The van der Waals surface area contributed by atoms with E-state index in [0.717, 1.165) is 4.47 Å². The maximum absolute atomic E-state index is 10.8. The van der Waals surface area contributed by atoms with Gasteiger partial charge in [-0.2, -0.15) is 5.10 Å². The SMILES string of the molecule is CCn1ncc(Br)c1C(C)(O)c1ccc(O)cc1. The van der Waals surface area contributed by atoms with Crippen LogP contribution in [-0.4, -0.2) is 20.0 Å². The van der Waals surface area contributed by atoms with Crippen LogP contribution >= 0.6 is 15.9 Å². The molecule has 2 rings (SSSR count). The van der Waals surface area contributed by atoms with Gasteiger partial charge in [0.1, 0.15) is 11.4 Å². The normalized spacial score (nSPS) is 14.4. The lowest BCUT2D eigenvalue weighted by Gasteiger charge is -2.25. The third kappa shape index (κ3) is 2.15. The van der Waals surface area contributed by atoms with E-state index >= 15 is 0 Å². The van der Waals surface area contributed by atoms with Crippen LogP contribution in [0.5, 0.6) is 5.75 Å². The Morgan fingerprint density at radius 2 is 1.94 bits per heavy atom. The number of phenolic OH excluding ortho intramolecular Hbond substituents is 1. The Morgan fingerprint density at radius 1 is 1.33 bits per heavy atom. The summed E-state index contributed by atoms with van der Waals surface area (Å²) in [5.74, 6) is 0.178. The van der Waals surface area contributed by atoms with Gasteiger partial charge in [0.15, 0.2) is 0 Å². The average Bonchev–Trinajstić information content (AvgIpc) is 2.71. The van der Waals surface area contributed by atoms with Crippen molar-refractivity contribution in [3.05, 3.63) is 46.2 Å². The van der Waals surface area contributed by atoms with Crippen molar-refractivity contribution < 1.29 is 10.2 Å². The standard InChI is InChI=1S/C13H15BrN2O2/c1-3-16-12(11(14)8-15-16)13(2,18)9-4-6-10(17)7-5-9/h4-8,17-18H,3H2,1-2H3. The number of rotatable bonds is 3. The lowest BCUT2D eigenvalue weighted by atomic mass is 9.92. The minimum Gasteiger partial charge on any atom is -0.508 e. The number of halogens is 1. The van der Waals surface area contributed by atoms with E-state index in [9.17, 15) is 10.2 Å². The first-order valence-corrected chi connectivity index (χ1v) is 6.49. The molecule has 18 heavy (non-hydrogen) atoms. The number of benzene rings is 1. The molecule has 0 aliphatic carbocycles. The highest BCUT2D eigenvalue weighted by Gasteiger charge is 2.31. The summed E-state index contributed by atoms with van der Waals surface area (Å²) < 4.78 is 2.51. The topological polar surface area (TPSA) is 58.3 Å². The summed E-state index contributed by atoms with van der Waals surface area (Å²) in [4.78, 5) is 0. The van der Waals surface area contributed by atoms with Gasteiger partial charge in [-0.15, -0.1) is 0 Å². The number of aromatic hydroxyl groups is 1. The van der Waals surface area contributed by atoms with Crippen molar-refractivity contribution in [3.8, 4) is 5.75 Å². The van der Waals surface area contributed by atoms with Crippen LogP contribution < -0.4 is 0 Å². The van der Waals surface area contributed by atoms with Crippen LogP contribution in [0, 0.1) is 0 Å². The van der Waals surface area contributed by atoms with Gasteiger partial charge in [0, 0.05) is 6.54 Å². The monoisotopic (exact) mass is 310 g/mol. The van der Waals surface area contributed by atoms with E-state index in [1.165, 1.54) is 0 Å². The van der Waals surface area contributed by atoms with Gasteiger partial charge in [0.05, 0.1) is 16.4 Å². The molecule has 0 amide bonds. The van der Waals surface area contributed by atoms with Gasteiger partial charge in [0.25, 0.3) is 0 Å². The molecule has 0 radical (unpaired) electrons. The molecule has 1 aromatic heterocycles. The first-order valence-electron chi connectivity index (χ1n) is 5.70. The molecule has 2 aromatic rings. The summed E-state index contributed by atoms with van der Waals surface area (Å²) in [6, 6.07) is 6.53. The predicted octanol–water partition coefficient (Wildman–Crippen LogP) is 2.63. The number of hydrogen-bond acceptors (Lipinski definition) is 3. The molecule has 1 atom stereocenters. The Kier molecular flexibility index (Phi) is 3.45. The molecule has 4 nitrogen and oxygen atoms in total. The van der Waals surface area contributed by atoms with Gasteiger partial charge in [-0.1, -0.05) is 12.1 Å². The van der Waals surface area contributed by atoms with Gasteiger partial charge >= 0.3 is 0 Å². The summed E-state index contributed by atoms with van der Waals surface area (Å²) in [6.07, 6.45) is 1.67. The molecule has 0 bridgehead atoms. The number of nitrogens with zero attached hydrogens (tertiary/aromatic N) is 2. The van der Waals surface area contributed by atoms with Crippen molar-refractivity contribution in [2.24, 2.45) is 0 Å². The van der Waals surface area contributed by atoms with Gasteiger partial charge in [0.2, 0.25) is 0 Å². The zero-order valence-corrected chi connectivity index (χ0v) is 11.8. The highest BCUT2D eigenvalue weighted by Crippen LogP contribution is 2.34. The van der Waals surface area contributed by atoms with Gasteiger partial charge in [-0.25, -0.2) is 0 Å². The molecule has 96 valence electrons. The second kappa shape index (κ2) is 4.74. The third-order valence-electron chi connectivity index (χ3n) is 2.98. The van der Waals surface area contributed by atoms with Crippen molar-refractivity contribution in [2.75, 3.05) is 0 Å². The van der Waals surface area contributed by atoms with E-state index in [-0.39, 0.29) is 5.75 Å². The quantitative estimate of drug-likeness (QED) is 0.916.